The Morgan fingerprint density at radius 3 is 2.48 bits per heavy atom. The van der Waals surface area contributed by atoms with Crippen molar-refractivity contribution in [3.05, 3.63) is 18.2 Å². The van der Waals surface area contributed by atoms with Crippen molar-refractivity contribution < 1.29 is 9.53 Å². The van der Waals surface area contributed by atoms with Crippen LogP contribution in [0.3, 0.4) is 0 Å². The highest BCUT2D eigenvalue weighted by Crippen LogP contribution is 2.33. The molecular weight excluding hydrogens is 292 g/mol. The molecule has 3 fully saturated rings. The average Bonchev–Trinajstić information content (AvgIpc) is 3.31. The molecule has 0 aromatic carbocycles. The summed E-state index contributed by atoms with van der Waals surface area (Å²) in [6.45, 7) is 5.60. The topological polar surface area (TPSA) is 50.6 Å². The van der Waals surface area contributed by atoms with E-state index >= 15 is 0 Å². The number of morpholine rings is 1. The van der Waals surface area contributed by atoms with Crippen LogP contribution in [0.15, 0.2) is 12.4 Å². The number of nitrogens with zero attached hydrogens (tertiary/aromatic N) is 4. The summed E-state index contributed by atoms with van der Waals surface area (Å²) in [6.07, 6.45) is 8.84. The maximum Gasteiger partial charge on any atom is 0.320 e. The van der Waals surface area contributed by atoms with Crippen LogP contribution in [0, 0.1) is 5.92 Å². The quantitative estimate of drug-likeness (QED) is 0.855. The molecule has 0 atom stereocenters. The highest BCUT2D eigenvalue weighted by atomic mass is 16.5. The lowest BCUT2D eigenvalue weighted by atomic mass is 9.96. The van der Waals surface area contributed by atoms with Crippen LogP contribution in [-0.2, 0) is 11.3 Å². The van der Waals surface area contributed by atoms with E-state index in [2.05, 4.69) is 15.7 Å². The summed E-state index contributed by atoms with van der Waals surface area (Å²) in [5, 5.41) is 0. The molecule has 4 rings (SSSR count). The Labute approximate surface area is 137 Å². The number of piperidine rings is 1. The van der Waals surface area contributed by atoms with Crippen LogP contribution in [0.25, 0.3) is 0 Å². The summed E-state index contributed by atoms with van der Waals surface area (Å²) in [6, 6.07) is 0.188. The summed E-state index contributed by atoms with van der Waals surface area (Å²) in [5.41, 5.74) is 0. The monoisotopic (exact) mass is 318 g/mol. The number of aromatic nitrogens is 2. The number of hydrogen-bond acceptors (Lipinski definition) is 3. The molecule has 0 spiro atoms. The number of hydrogen-bond donors (Lipinski definition) is 0. The molecule has 2 amide bonds. The van der Waals surface area contributed by atoms with Gasteiger partial charge in [-0.05, 0) is 31.6 Å². The van der Waals surface area contributed by atoms with Crippen LogP contribution < -0.4 is 0 Å². The largest absolute Gasteiger partial charge is 0.378 e. The maximum absolute atomic E-state index is 12.5. The van der Waals surface area contributed by atoms with E-state index in [1.165, 1.54) is 18.7 Å². The first-order valence-corrected chi connectivity index (χ1v) is 8.94. The lowest BCUT2D eigenvalue weighted by Crippen LogP contribution is -2.50. The molecule has 1 saturated carbocycles. The summed E-state index contributed by atoms with van der Waals surface area (Å²) in [5.74, 6) is 2.60. The molecule has 1 aromatic heterocycles. The number of amides is 2. The first-order valence-electron chi connectivity index (χ1n) is 8.94. The zero-order valence-corrected chi connectivity index (χ0v) is 13.7. The smallest absolute Gasteiger partial charge is 0.320 e. The lowest BCUT2D eigenvalue weighted by Gasteiger charge is -2.37. The summed E-state index contributed by atoms with van der Waals surface area (Å²) in [4.78, 5) is 21.1. The third-order valence-electron chi connectivity index (χ3n) is 5.31. The van der Waals surface area contributed by atoms with Gasteiger partial charge in [-0.3, -0.25) is 0 Å². The van der Waals surface area contributed by atoms with Crippen molar-refractivity contribution in [3.8, 4) is 0 Å². The molecule has 3 aliphatic rings. The van der Waals surface area contributed by atoms with Gasteiger partial charge in [0.1, 0.15) is 5.82 Å². The van der Waals surface area contributed by atoms with Crippen molar-refractivity contribution in [2.75, 3.05) is 39.4 Å². The highest BCUT2D eigenvalue weighted by Gasteiger charge is 2.30. The molecule has 1 aliphatic carbocycles. The molecule has 6 nitrogen and oxygen atoms in total. The van der Waals surface area contributed by atoms with Crippen molar-refractivity contribution >= 4 is 6.03 Å². The number of carbonyl (C=O) groups excluding carboxylic acids is 1. The van der Waals surface area contributed by atoms with Gasteiger partial charge >= 0.3 is 6.03 Å². The minimum absolute atomic E-state index is 0.188. The summed E-state index contributed by atoms with van der Waals surface area (Å²) < 4.78 is 7.68. The molecule has 23 heavy (non-hydrogen) atoms. The first-order chi connectivity index (χ1) is 11.3. The number of rotatable bonds is 3. The third-order valence-corrected chi connectivity index (χ3v) is 5.31. The molecule has 3 heterocycles. The van der Waals surface area contributed by atoms with Gasteiger partial charge in [0.2, 0.25) is 0 Å². The zero-order valence-electron chi connectivity index (χ0n) is 13.7. The van der Waals surface area contributed by atoms with E-state index in [-0.39, 0.29) is 6.03 Å². The van der Waals surface area contributed by atoms with Crippen LogP contribution in [-0.4, -0.2) is 64.8 Å². The van der Waals surface area contributed by atoms with Crippen LogP contribution in [0.5, 0.6) is 0 Å². The maximum atomic E-state index is 12.5. The van der Waals surface area contributed by atoms with Gasteiger partial charge in [-0.15, -0.1) is 0 Å². The van der Waals surface area contributed by atoms with E-state index in [0.717, 1.165) is 51.5 Å². The van der Waals surface area contributed by atoms with Crippen LogP contribution in [0.1, 0.15) is 37.4 Å². The predicted molar refractivity (Wildman–Crippen MR) is 86.3 cm³/mol. The second kappa shape index (κ2) is 6.51. The van der Waals surface area contributed by atoms with E-state index in [1.54, 1.807) is 0 Å². The Hall–Kier alpha value is -1.56. The summed E-state index contributed by atoms with van der Waals surface area (Å²) in [7, 11) is 0. The van der Waals surface area contributed by atoms with Gasteiger partial charge in [-0.25, -0.2) is 9.78 Å². The second-order valence-electron chi connectivity index (χ2n) is 7.02. The van der Waals surface area contributed by atoms with E-state index in [4.69, 9.17) is 4.74 Å². The molecule has 1 aromatic rings. The highest BCUT2D eigenvalue weighted by molar-refractivity contribution is 5.74. The number of carbonyl (C=O) groups is 1. The Morgan fingerprint density at radius 2 is 1.78 bits per heavy atom. The Morgan fingerprint density at radius 1 is 1.09 bits per heavy atom. The van der Waals surface area contributed by atoms with Gasteiger partial charge < -0.3 is 19.1 Å². The Bertz CT molecular complexity index is 541. The van der Waals surface area contributed by atoms with Gasteiger partial charge in [0.05, 0.1) is 13.2 Å². The zero-order chi connectivity index (χ0) is 15.6. The van der Waals surface area contributed by atoms with Gasteiger partial charge in [0.25, 0.3) is 0 Å². The van der Waals surface area contributed by atoms with Gasteiger partial charge in [0, 0.05) is 51.0 Å². The normalized spacial score (nSPS) is 23.3. The molecular formula is C17H26N4O2. The van der Waals surface area contributed by atoms with E-state index < -0.39 is 0 Å². The number of likely N-dealkylation sites (tertiary alicyclic amines) is 1. The average molecular weight is 318 g/mol. The number of imidazole rings is 1. The molecule has 6 heteroatoms. The lowest BCUT2D eigenvalue weighted by molar-refractivity contribution is 0.0410. The fraction of sp³-hybridized carbons (Fsp3) is 0.765. The van der Waals surface area contributed by atoms with Gasteiger partial charge in [-0.2, -0.15) is 0 Å². The standard InChI is InChI=1S/C17H26N4O2/c22-17(20-9-11-23-12-10-20)19-6-3-15(4-7-19)16-18-5-8-21(16)13-14-1-2-14/h5,8,14-15H,1-4,6-7,9-13H2. The summed E-state index contributed by atoms with van der Waals surface area (Å²) >= 11 is 0. The van der Waals surface area contributed by atoms with Crippen molar-refractivity contribution in [3.63, 3.8) is 0 Å². The van der Waals surface area contributed by atoms with Crippen LogP contribution >= 0.6 is 0 Å². The molecule has 126 valence electrons. The minimum Gasteiger partial charge on any atom is -0.378 e. The third kappa shape index (κ3) is 3.37. The fourth-order valence-electron chi connectivity index (χ4n) is 3.70. The predicted octanol–water partition coefficient (Wildman–Crippen LogP) is 1.92. The molecule has 0 unspecified atom stereocenters. The van der Waals surface area contributed by atoms with Crippen molar-refractivity contribution in [2.24, 2.45) is 5.92 Å². The second-order valence-corrected chi connectivity index (χ2v) is 7.02. The SMILES string of the molecule is O=C(N1CCOCC1)N1CCC(c2nccn2CC2CC2)CC1. The minimum atomic E-state index is 0.188. The van der Waals surface area contributed by atoms with Crippen molar-refractivity contribution in [1.82, 2.24) is 19.4 Å². The molecule has 2 saturated heterocycles. The van der Waals surface area contributed by atoms with Gasteiger partial charge in [0.15, 0.2) is 0 Å². The molecule has 2 aliphatic heterocycles. The van der Waals surface area contributed by atoms with E-state index in [9.17, 15) is 4.79 Å². The van der Waals surface area contributed by atoms with Crippen molar-refractivity contribution in [2.45, 2.75) is 38.1 Å². The number of urea groups is 1. The molecule has 0 N–H and O–H groups in total. The van der Waals surface area contributed by atoms with Crippen LogP contribution in [0.4, 0.5) is 4.79 Å². The Balaban J connectivity index is 1.33. The molecule has 0 bridgehead atoms. The Kier molecular flexibility index (Phi) is 4.25. The van der Waals surface area contributed by atoms with Crippen LogP contribution in [0.2, 0.25) is 0 Å². The van der Waals surface area contributed by atoms with Gasteiger partial charge in [-0.1, -0.05) is 0 Å². The molecule has 0 radical (unpaired) electrons. The fourth-order valence-corrected chi connectivity index (χ4v) is 3.70. The van der Waals surface area contributed by atoms with E-state index in [1.807, 2.05) is 16.0 Å². The van der Waals surface area contributed by atoms with Crippen molar-refractivity contribution in [1.29, 1.82) is 0 Å². The van der Waals surface area contributed by atoms with E-state index in [0.29, 0.717) is 19.1 Å². The first kappa shape index (κ1) is 15.0. The number of ether oxygens (including phenoxy) is 1.